The van der Waals surface area contributed by atoms with Crippen molar-refractivity contribution in [3.63, 3.8) is 0 Å². The molecule has 0 spiro atoms. The topological polar surface area (TPSA) is 17.1 Å². The van der Waals surface area contributed by atoms with E-state index in [1.165, 1.54) is 44.1 Å². The summed E-state index contributed by atoms with van der Waals surface area (Å²) in [5.41, 5.74) is 1.45. The predicted octanol–water partition coefficient (Wildman–Crippen LogP) is 5.54. The van der Waals surface area contributed by atoms with Gasteiger partial charge >= 0.3 is 0 Å². The van der Waals surface area contributed by atoms with Crippen LogP contribution in [0, 0.1) is 11.8 Å². The van der Waals surface area contributed by atoms with Crippen LogP contribution in [0.5, 0.6) is 0 Å². The molecular weight excluding hydrogens is 220 g/mol. The molecule has 18 heavy (non-hydrogen) atoms. The second kappa shape index (κ2) is 11.5. The van der Waals surface area contributed by atoms with Gasteiger partial charge in [-0.15, -0.1) is 0 Å². The Balaban J connectivity index is 3.51. The first kappa shape index (κ1) is 17.4. The van der Waals surface area contributed by atoms with E-state index in [-0.39, 0.29) is 0 Å². The van der Waals surface area contributed by atoms with Crippen LogP contribution in [-0.4, -0.2) is 6.29 Å². The summed E-state index contributed by atoms with van der Waals surface area (Å²) in [7, 11) is 0. The van der Waals surface area contributed by atoms with E-state index >= 15 is 0 Å². The third kappa shape index (κ3) is 11.9. The molecule has 0 aromatic carbocycles. The van der Waals surface area contributed by atoms with Gasteiger partial charge in [-0.1, -0.05) is 58.1 Å². The molecule has 1 unspecified atom stereocenters. The van der Waals surface area contributed by atoms with Gasteiger partial charge in [0.1, 0.15) is 6.29 Å². The van der Waals surface area contributed by atoms with Gasteiger partial charge in [0, 0.05) is 6.42 Å². The number of hydrogen-bond donors (Lipinski definition) is 0. The van der Waals surface area contributed by atoms with Crippen molar-refractivity contribution in [2.75, 3.05) is 0 Å². The fraction of sp³-hybridized carbons (Fsp3) is 0.824. The average Bonchev–Trinajstić information content (AvgIpc) is 2.29. The van der Waals surface area contributed by atoms with Crippen molar-refractivity contribution in [1.82, 2.24) is 0 Å². The molecule has 0 amide bonds. The number of carbonyl (C=O) groups is 1. The SMILES string of the molecule is C/C(=C\CCC=O)CCCC(C)CCCC(C)C. The van der Waals surface area contributed by atoms with E-state index in [2.05, 4.69) is 33.8 Å². The molecule has 1 heteroatoms. The molecule has 106 valence electrons. The summed E-state index contributed by atoms with van der Waals surface area (Å²) in [5, 5.41) is 0. The van der Waals surface area contributed by atoms with Crippen LogP contribution in [-0.2, 0) is 4.79 Å². The van der Waals surface area contributed by atoms with E-state index < -0.39 is 0 Å². The van der Waals surface area contributed by atoms with Crippen LogP contribution in [0.4, 0.5) is 0 Å². The highest BCUT2D eigenvalue weighted by Crippen LogP contribution is 2.19. The molecule has 0 bridgehead atoms. The lowest BCUT2D eigenvalue weighted by Crippen LogP contribution is -1.97. The quantitative estimate of drug-likeness (QED) is 0.268. The van der Waals surface area contributed by atoms with Gasteiger partial charge in [-0.2, -0.15) is 0 Å². The summed E-state index contributed by atoms with van der Waals surface area (Å²) in [6.07, 6.45) is 12.8. The number of aldehydes is 1. The number of hydrogen-bond acceptors (Lipinski definition) is 1. The third-order valence-corrected chi connectivity index (χ3v) is 3.52. The highest BCUT2D eigenvalue weighted by Gasteiger charge is 2.03. The summed E-state index contributed by atoms with van der Waals surface area (Å²) < 4.78 is 0. The van der Waals surface area contributed by atoms with Gasteiger partial charge < -0.3 is 4.79 Å². The summed E-state index contributed by atoms with van der Waals surface area (Å²) in [4.78, 5) is 10.2. The lowest BCUT2D eigenvalue weighted by atomic mass is 9.94. The lowest BCUT2D eigenvalue weighted by Gasteiger charge is -2.12. The van der Waals surface area contributed by atoms with E-state index in [4.69, 9.17) is 0 Å². The monoisotopic (exact) mass is 252 g/mol. The Labute approximate surface area is 114 Å². The van der Waals surface area contributed by atoms with Crippen LogP contribution in [0.3, 0.4) is 0 Å². The number of rotatable bonds is 11. The molecule has 0 saturated carbocycles. The molecule has 0 aromatic rings. The van der Waals surface area contributed by atoms with Crippen molar-refractivity contribution in [3.8, 4) is 0 Å². The van der Waals surface area contributed by atoms with Crippen LogP contribution in [0.15, 0.2) is 11.6 Å². The maximum atomic E-state index is 10.2. The zero-order valence-corrected chi connectivity index (χ0v) is 12.9. The van der Waals surface area contributed by atoms with E-state index in [0.29, 0.717) is 6.42 Å². The van der Waals surface area contributed by atoms with Crippen molar-refractivity contribution in [1.29, 1.82) is 0 Å². The molecular formula is C17H32O. The van der Waals surface area contributed by atoms with Crippen LogP contribution < -0.4 is 0 Å². The fourth-order valence-electron chi connectivity index (χ4n) is 2.25. The van der Waals surface area contributed by atoms with Crippen molar-refractivity contribution >= 4 is 6.29 Å². The first-order valence-corrected chi connectivity index (χ1v) is 7.65. The van der Waals surface area contributed by atoms with Crippen molar-refractivity contribution in [3.05, 3.63) is 11.6 Å². The third-order valence-electron chi connectivity index (χ3n) is 3.52. The molecule has 1 nitrogen and oxygen atoms in total. The van der Waals surface area contributed by atoms with Crippen LogP contribution in [0.25, 0.3) is 0 Å². The molecule has 1 atom stereocenters. The standard InChI is InChI=1S/C17H32O/c1-15(2)9-7-11-17(4)13-8-12-16(3)10-5-6-14-18/h10,14-15,17H,5-9,11-13H2,1-4H3/b16-10+. The first-order chi connectivity index (χ1) is 8.56. The van der Waals surface area contributed by atoms with Gasteiger partial charge in [-0.05, 0) is 38.0 Å². The van der Waals surface area contributed by atoms with Crippen molar-refractivity contribution < 1.29 is 4.79 Å². The minimum atomic E-state index is 0.670. The van der Waals surface area contributed by atoms with Crippen LogP contribution in [0.1, 0.15) is 79.1 Å². The number of unbranched alkanes of at least 4 members (excludes halogenated alkanes) is 1. The normalized spacial score (nSPS) is 13.9. The molecule has 0 fully saturated rings. The van der Waals surface area contributed by atoms with Gasteiger partial charge in [0.25, 0.3) is 0 Å². The van der Waals surface area contributed by atoms with Crippen molar-refractivity contribution in [2.45, 2.75) is 79.1 Å². The molecule has 0 aliphatic rings. The molecule has 0 radical (unpaired) electrons. The fourth-order valence-corrected chi connectivity index (χ4v) is 2.25. The minimum absolute atomic E-state index is 0.670. The summed E-state index contributed by atoms with van der Waals surface area (Å²) >= 11 is 0. The Kier molecular flexibility index (Phi) is 11.1. The maximum Gasteiger partial charge on any atom is 0.120 e. The lowest BCUT2D eigenvalue weighted by molar-refractivity contribution is -0.107. The Morgan fingerprint density at radius 3 is 2.28 bits per heavy atom. The second-order valence-corrected chi connectivity index (χ2v) is 6.12. The largest absolute Gasteiger partial charge is 0.303 e. The number of carbonyl (C=O) groups excluding carboxylic acids is 1. The van der Waals surface area contributed by atoms with Gasteiger partial charge in [-0.3, -0.25) is 0 Å². The Morgan fingerprint density at radius 1 is 1.00 bits per heavy atom. The highest BCUT2D eigenvalue weighted by atomic mass is 16.1. The van der Waals surface area contributed by atoms with Gasteiger partial charge in [0.15, 0.2) is 0 Å². The van der Waals surface area contributed by atoms with Gasteiger partial charge in [-0.25, -0.2) is 0 Å². The first-order valence-electron chi connectivity index (χ1n) is 7.65. The van der Waals surface area contributed by atoms with E-state index in [0.717, 1.165) is 24.5 Å². The van der Waals surface area contributed by atoms with Crippen LogP contribution >= 0.6 is 0 Å². The maximum absolute atomic E-state index is 10.2. The predicted molar refractivity (Wildman–Crippen MR) is 80.8 cm³/mol. The molecule has 0 rings (SSSR count). The van der Waals surface area contributed by atoms with E-state index in [9.17, 15) is 4.79 Å². The molecule has 0 aromatic heterocycles. The van der Waals surface area contributed by atoms with E-state index in [1.54, 1.807) is 0 Å². The van der Waals surface area contributed by atoms with Gasteiger partial charge in [0.2, 0.25) is 0 Å². The Morgan fingerprint density at radius 2 is 1.67 bits per heavy atom. The zero-order valence-electron chi connectivity index (χ0n) is 12.9. The van der Waals surface area contributed by atoms with E-state index in [1.807, 2.05) is 0 Å². The number of allylic oxidation sites excluding steroid dienone is 2. The zero-order chi connectivity index (χ0) is 13.8. The smallest absolute Gasteiger partial charge is 0.120 e. The minimum Gasteiger partial charge on any atom is -0.303 e. The average molecular weight is 252 g/mol. The molecule has 0 aliphatic carbocycles. The Hall–Kier alpha value is -0.590. The molecule has 0 aliphatic heterocycles. The molecule has 0 N–H and O–H groups in total. The van der Waals surface area contributed by atoms with Crippen LogP contribution in [0.2, 0.25) is 0 Å². The second-order valence-electron chi connectivity index (χ2n) is 6.12. The molecule has 0 heterocycles. The highest BCUT2D eigenvalue weighted by molar-refractivity contribution is 5.49. The molecule has 0 saturated heterocycles. The summed E-state index contributed by atoms with van der Waals surface area (Å²) in [5.74, 6) is 1.71. The van der Waals surface area contributed by atoms with Gasteiger partial charge in [0.05, 0.1) is 0 Å². The summed E-state index contributed by atoms with van der Waals surface area (Å²) in [6, 6.07) is 0. The Bertz CT molecular complexity index is 228. The van der Waals surface area contributed by atoms with Crippen molar-refractivity contribution in [2.24, 2.45) is 11.8 Å². The summed E-state index contributed by atoms with van der Waals surface area (Å²) in [6.45, 7) is 9.18.